The number of sulfone groups is 1. The normalized spacial score (nSPS) is 11.9. The molecular weight excluding hydrogens is 418 g/mol. The van der Waals surface area contributed by atoms with E-state index in [4.69, 9.17) is 27.9 Å². The zero-order chi connectivity index (χ0) is 19.7. The Morgan fingerprint density at radius 2 is 1.77 bits per heavy atom. The molecule has 11 heteroatoms. The van der Waals surface area contributed by atoms with E-state index in [-0.39, 0.29) is 27.0 Å². The van der Waals surface area contributed by atoms with Crippen molar-refractivity contribution < 1.29 is 31.1 Å². The van der Waals surface area contributed by atoms with E-state index < -0.39 is 26.1 Å². The first-order chi connectivity index (χ1) is 12.0. The fourth-order valence-corrected chi connectivity index (χ4v) is 3.11. The smallest absolute Gasteiger partial charge is 0.495 e. The van der Waals surface area contributed by atoms with E-state index in [1.807, 2.05) is 0 Å². The third-order valence-electron chi connectivity index (χ3n) is 3.21. The molecule has 2 aromatic carbocycles. The number of amides is 1. The molecule has 1 amide bonds. The summed E-state index contributed by atoms with van der Waals surface area (Å²) in [5.41, 5.74) is -5.82. The van der Waals surface area contributed by atoms with Crippen LogP contribution in [0.5, 0.6) is 5.75 Å². The van der Waals surface area contributed by atoms with Gasteiger partial charge in [0, 0.05) is 5.02 Å². The van der Waals surface area contributed by atoms with Crippen LogP contribution in [0.15, 0.2) is 41.3 Å². The number of hydrogen-bond donors (Lipinski definition) is 1. The predicted molar refractivity (Wildman–Crippen MR) is 90.6 cm³/mol. The second kappa shape index (κ2) is 7.34. The van der Waals surface area contributed by atoms with Gasteiger partial charge in [-0.3, -0.25) is 4.79 Å². The molecule has 0 bridgehead atoms. The summed E-state index contributed by atoms with van der Waals surface area (Å²) in [6, 6.07) is 6.43. The van der Waals surface area contributed by atoms with E-state index >= 15 is 0 Å². The first kappa shape index (κ1) is 20.3. The van der Waals surface area contributed by atoms with Crippen LogP contribution in [0.3, 0.4) is 0 Å². The van der Waals surface area contributed by atoms with Crippen LogP contribution >= 0.6 is 23.2 Å². The Labute approximate surface area is 156 Å². The minimum absolute atomic E-state index is 0.0439. The van der Waals surface area contributed by atoms with Crippen molar-refractivity contribution in [3.8, 4) is 5.75 Å². The molecule has 5 nitrogen and oxygen atoms in total. The number of carbonyl (C=O) groups is 1. The number of hydrogen-bond acceptors (Lipinski definition) is 4. The van der Waals surface area contributed by atoms with Gasteiger partial charge >= 0.3 is 5.51 Å². The summed E-state index contributed by atoms with van der Waals surface area (Å²) < 4.78 is 66.2. The van der Waals surface area contributed by atoms with Crippen LogP contribution in [-0.2, 0) is 9.84 Å². The van der Waals surface area contributed by atoms with E-state index in [1.54, 1.807) is 0 Å². The Kier molecular flexibility index (Phi) is 5.74. The molecule has 0 aromatic heterocycles. The Morgan fingerprint density at radius 3 is 2.35 bits per heavy atom. The molecule has 0 radical (unpaired) electrons. The highest BCUT2D eigenvalue weighted by Gasteiger charge is 2.47. The van der Waals surface area contributed by atoms with Gasteiger partial charge in [-0.05, 0) is 36.4 Å². The van der Waals surface area contributed by atoms with Gasteiger partial charge in [0.1, 0.15) is 5.75 Å². The van der Waals surface area contributed by atoms with Crippen LogP contribution < -0.4 is 10.1 Å². The molecule has 0 fully saturated rings. The third kappa shape index (κ3) is 4.05. The minimum atomic E-state index is -5.59. The summed E-state index contributed by atoms with van der Waals surface area (Å²) in [6.45, 7) is 0. The van der Waals surface area contributed by atoms with Crippen molar-refractivity contribution in [2.24, 2.45) is 0 Å². The maximum Gasteiger partial charge on any atom is 0.501 e. The van der Waals surface area contributed by atoms with E-state index in [9.17, 15) is 26.4 Å². The number of halogens is 5. The van der Waals surface area contributed by atoms with Crippen molar-refractivity contribution in [2.45, 2.75) is 10.4 Å². The molecule has 0 atom stereocenters. The van der Waals surface area contributed by atoms with Crippen LogP contribution in [0.4, 0.5) is 18.9 Å². The Morgan fingerprint density at radius 1 is 1.12 bits per heavy atom. The fraction of sp³-hybridized carbons (Fsp3) is 0.133. The lowest BCUT2D eigenvalue weighted by atomic mass is 10.2. The summed E-state index contributed by atoms with van der Waals surface area (Å²) in [7, 11) is -4.39. The SMILES string of the molecule is COc1ccc(S(=O)(=O)C(F)(F)F)cc1NC(=O)c1cc(Cl)ccc1Cl. The fourth-order valence-electron chi connectivity index (χ4n) is 1.95. The monoisotopic (exact) mass is 427 g/mol. The third-order valence-corrected chi connectivity index (χ3v) is 5.26. The van der Waals surface area contributed by atoms with Crippen LogP contribution in [0.25, 0.3) is 0 Å². The Balaban J connectivity index is 2.47. The Bertz CT molecular complexity index is 962. The van der Waals surface area contributed by atoms with Gasteiger partial charge in [0.25, 0.3) is 15.7 Å². The molecular formula is C15H10Cl2F3NO4S. The highest BCUT2D eigenvalue weighted by molar-refractivity contribution is 7.92. The molecule has 0 saturated heterocycles. The number of carbonyl (C=O) groups excluding carboxylic acids is 1. The molecule has 26 heavy (non-hydrogen) atoms. The molecule has 2 aromatic rings. The average Bonchev–Trinajstić information content (AvgIpc) is 2.55. The van der Waals surface area contributed by atoms with Gasteiger partial charge in [-0.2, -0.15) is 13.2 Å². The van der Waals surface area contributed by atoms with Crippen LogP contribution in [-0.4, -0.2) is 26.9 Å². The standard InChI is InChI=1S/C15H10Cl2F3NO4S/c1-25-13-5-3-9(26(23,24)15(18,19)20)7-12(13)21-14(22)10-6-8(16)2-4-11(10)17/h2-7H,1H3,(H,21,22). The first-order valence-electron chi connectivity index (χ1n) is 6.73. The van der Waals surface area contributed by atoms with Gasteiger partial charge in [-0.25, -0.2) is 8.42 Å². The molecule has 2 rings (SSSR count). The van der Waals surface area contributed by atoms with Crippen LogP contribution in [0, 0.1) is 0 Å². The maximum absolute atomic E-state index is 12.7. The molecule has 0 unspecified atom stereocenters. The maximum atomic E-state index is 12.7. The number of anilines is 1. The molecule has 0 aliphatic rings. The summed E-state index contributed by atoms with van der Waals surface area (Å²) in [4.78, 5) is 11.3. The summed E-state index contributed by atoms with van der Waals surface area (Å²) in [6.07, 6.45) is 0. The molecule has 0 heterocycles. The summed E-state index contributed by atoms with van der Waals surface area (Å²) in [5.74, 6) is -0.852. The van der Waals surface area contributed by atoms with Gasteiger partial charge in [-0.15, -0.1) is 0 Å². The zero-order valence-electron chi connectivity index (χ0n) is 12.9. The van der Waals surface area contributed by atoms with Crippen LogP contribution in [0.1, 0.15) is 10.4 Å². The first-order valence-corrected chi connectivity index (χ1v) is 8.97. The highest BCUT2D eigenvalue weighted by Crippen LogP contribution is 2.35. The highest BCUT2D eigenvalue weighted by atomic mass is 35.5. The number of nitrogens with one attached hydrogen (secondary N) is 1. The topological polar surface area (TPSA) is 72.5 Å². The average molecular weight is 428 g/mol. The van der Waals surface area contributed by atoms with E-state index in [1.165, 1.54) is 25.3 Å². The number of ether oxygens (including phenoxy) is 1. The number of methoxy groups -OCH3 is 1. The van der Waals surface area contributed by atoms with Gasteiger partial charge in [0.15, 0.2) is 0 Å². The van der Waals surface area contributed by atoms with Gasteiger partial charge < -0.3 is 10.1 Å². The van der Waals surface area contributed by atoms with Gasteiger partial charge in [0.05, 0.1) is 28.3 Å². The number of alkyl halides is 3. The lowest BCUT2D eigenvalue weighted by Gasteiger charge is -2.14. The number of rotatable bonds is 4. The number of benzene rings is 2. The summed E-state index contributed by atoms with van der Waals surface area (Å²) >= 11 is 11.7. The second-order valence-electron chi connectivity index (χ2n) is 4.89. The molecule has 140 valence electrons. The van der Waals surface area contributed by atoms with Gasteiger partial charge in [-0.1, -0.05) is 23.2 Å². The van der Waals surface area contributed by atoms with Crippen molar-refractivity contribution >= 4 is 44.6 Å². The molecule has 0 aliphatic heterocycles. The molecule has 0 saturated carbocycles. The van der Waals surface area contributed by atoms with Crippen molar-refractivity contribution in [3.05, 3.63) is 52.0 Å². The second-order valence-corrected chi connectivity index (χ2v) is 7.67. The van der Waals surface area contributed by atoms with Crippen molar-refractivity contribution in [2.75, 3.05) is 12.4 Å². The van der Waals surface area contributed by atoms with Crippen molar-refractivity contribution in [3.63, 3.8) is 0 Å². The lowest BCUT2D eigenvalue weighted by molar-refractivity contribution is -0.0436. The zero-order valence-corrected chi connectivity index (χ0v) is 15.2. The molecule has 0 spiro atoms. The Hall–Kier alpha value is -1.97. The quantitative estimate of drug-likeness (QED) is 0.776. The lowest BCUT2D eigenvalue weighted by Crippen LogP contribution is -2.23. The van der Waals surface area contributed by atoms with E-state index in [2.05, 4.69) is 5.32 Å². The van der Waals surface area contributed by atoms with Crippen molar-refractivity contribution in [1.29, 1.82) is 0 Å². The van der Waals surface area contributed by atoms with E-state index in [0.29, 0.717) is 6.07 Å². The van der Waals surface area contributed by atoms with E-state index in [0.717, 1.165) is 12.1 Å². The predicted octanol–water partition coefficient (Wildman–Crippen LogP) is 4.55. The van der Waals surface area contributed by atoms with Gasteiger partial charge in [0.2, 0.25) is 0 Å². The van der Waals surface area contributed by atoms with Crippen LogP contribution in [0.2, 0.25) is 10.0 Å². The molecule has 1 N–H and O–H groups in total. The summed E-state index contributed by atoms with van der Waals surface area (Å²) in [5, 5.41) is 2.53. The molecule has 0 aliphatic carbocycles. The minimum Gasteiger partial charge on any atom is -0.495 e. The van der Waals surface area contributed by atoms with Crippen molar-refractivity contribution in [1.82, 2.24) is 0 Å². The largest absolute Gasteiger partial charge is 0.501 e.